The van der Waals surface area contributed by atoms with Crippen molar-refractivity contribution in [3.8, 4) is 28.7 Å². The molecule has 0 aromatic heterocycles. The van der Waals surface area contributed by atoms with Crippen molar-refractivity contribution < 1.29 is 25.5 Å². The van der Waals surface area contributed by atoms with Gasteiger partial charge in [-0.05, 0) is 19.1 Å². The van der Waals surface area contributed by atoms with Crippen LogP contribution in [0.15, 0.2) is 60.7 Å². The molecule has 0 amide bonds. The minimum absolute atomic E-state index is 0.0554. The fourth-order valence-electron chi connectivity index (χ4n) is 3.32. The zero-order chi connectivity index (χ0) is 18.2. The molecule has 0 fully saturated rings. The van der Waals surface area contributed by atoms with Crippen LogP contribution < -0.4 is 0 Å². The molecule has 0 saturated heterocycles. The molecule has 25 heavy (non-hydrogen) atoms. The highest BCUT2D eigenvalue weighted by Gasteiger charge is 2.40. The van der Waals surface area contributed by atoms with Crippen molar-refractivity contribution in [3.05, 3.63) is 77.4 Å². The largest absolute Gasteiger partial charge is 0.508 e. The zero-order valence-electron chi connectivity index (χ0n) is 13.5. The van der Waals surface area contributed by atoms with Crippen LogP contribution >= 0.6 is 0 Å². The van der Waals surface area contributed by atoms with Crippen LogP contribution in [-0.4, -0.2) is 25.5 Å². The highest BCUT2D eigenvalue weighted by atomic mass is 16.3. The number of hydrogen-bond donors (Lipinski definition) is 5. The van der Waals surface area contributed by atoms with E-state index < -0.39 is 5.41 Å². The van der Waals surface area contributed by atoms with E-state index in [-0.39, 0.29) is 34.3 Å². The minimum Gasteiger partial charge on any atom is -0.508 e. The molecular weight excluding hydrogens is 320 g/mol. The summed E-state index contributed by atoms with van der Waals surface area (Å²) in [6.07, 6.45) is 0. The molecule has 0 aliphatic carbocycles. The van der Waals surface area contributed by atoms with Crippen molar-refractivity contribution in [2.45, 2.75) is 12.3 Å². The topological polar surface area (TPSA) is 101 Å². The second kappa shape index (κ2) is 5.94. The summed E-state index contributed by atoms with van der Waals surface area (Å²) in [6.45, 7) is 1.67. The molecule has 0 aliphatic rings. The standard InChI is InChI=1S/C20H18O5/c1-20(13-6-2-4-8-15(13)22,14-7-3-5-9-16(14)23)19-17(24)10-12(21)11-18(19)25/h2-11,21-25H,1H3. The van der Waals surface area contributed by atoms with Gasteiger partial charge in [-0.3, -0.25) is 0 Å². The van der Waals surface area contributed by atoms with Gasteiger partial charge < -0.3 is 25.5 Å². The van der Waals surface area contributed by atoms with E-state index in [1.54, 1.807) is 43.3 Å². The van der Waals surface area contributed by atoms with E-state index in [0.29, 0.717) is 11.1 Å². The molecule has 0 aliphatic heterocycles. The maximum Gasteiger partial charge on any atom is 0.127 e. The van der Waals surface area contributed by atoms with Gasteiger partial charge >= 0.3 is 0 Å². The molecule has 0 bridgehead atoms. The van der Waals surface area contributed by atoms with E-state index in [1.165, 1.54) is 12.1 Å². The number of benzene rings is 3. The summed E-state index contributed by atoms with van der Waals surface area (Å²) in [4.78, 5) is 0. The third-order valence-electron chi connectivity index (χ3n) is 4.47. The molecule has 5 nitrogen and oxygen atoms in total. The Hall–Kier alpha value is -3.34. The van der Waals surface area contributed by atoms with Gasteiger partial charge in [-0.15, -0.1) is 0 Å². The molecule has 0 unspecified atom stereocenters. The van der Waals surface area contributed by atoms with Crippen molar-refractivity contribution >= 4 is 0 Å². The van der Waals surface area contributed by atoms with Crippen molar-refractivity contribution in [2.75, 3.05) is 0 Å². The van der Waals surface area contributed by atoms with Crippen LogP contribution in [0.2, 0.25) is 0 Å². The first-order chi connectivity index (χ1) is 11.9. The Kier molecular flexibility index (Phi) is 3.93. The van der Waals surface area contributed by atoms with Crippen molar-refractivity contribution in [1.29, 1.82) is 0 Å². The highest BCUT2D eigenvalue weighted by molar-refractivity contribution is 5.65. The van der Waals surface area contributed by atoms with Gasteiger partial charge in [0.2, 0.25) is 0 Å². The van der Waals surface area contributed by atoms with E-state index in [4.69, 9.17) is 0 Å². The lowest BCUT2D eigenvalue weighted by atomic mass is 9.69. The maximum atomic E-state index is 10.4. The lowest BCUT2D eigenvalue weighted by Gasteiger charge is -2.33. The lowest BCUT2D eigenvalue weighted by Crippen LogP contribution is -2.26. The fraction of sp³-hybridized carbons (Fsp3) is 0.100. The average molecular weight is 338 g/mol. The van der Waals surface area contributed by atoms with Gasteiger partial charge in [-0.2, -0.15) is 0 Å². The minimum atomic E-state index is -1.28. The Morgan fingerprint density at radius 1 is 0.600 bits per heavy atom. The number of phenolic OH excluding ortho intramolecular Hbond substituents is 5. The zero-order valence-corrected chi connectivity index (χ0v) is 13.5. The summed E-state index contributed by atoms with van der Waals surface area (Å²) in [5.74, 6) is -1.12. The van der Waals surface area contributed by atoms with E-state index in [2.05, 4.69) is 0 Å². The first-order valence-corrected chi connectivity index (χ1v) is 7.68. The van der Waals surface area contributed by atoms with Gasteiger partial charge in [-0.1, -0.05) is 36.4 Å². The molecule has 3 aromatic carbocycles. The summed E-state index contributed by atoms with van der Waals surface area (Å²) in [7, 11) is 0. The van der Waals surface area contributed by atoms with Crippen molar-refractivity contribution in [1.82, 2.24) is 0 Å². The molecule has 0 saturated carbocycles. The fourth-order valence-corrected chi connectivity index (χ4v) is 3.32. The van der Waals surface area contributed by atoms with Crippen molar-refractivity contribution in [3.63, 3.8) is 0 Å². The first kappa shape index (κ1) is 16.5. The average Bonchev–Trinajstić information content (AvgIpc) is 2.54. The third kappa shape index (κ3) is 2.59. The predicted molar refractivity (Wildman–Crippen MR) is 93.2 cm³/mol. The number of aromatic hydroxyl groups is 5. The first-order valence-electron chi connectivity index (χ1n) is 7.68. The molecule has 0 atom stereocenters. The van der Waals surface area contributed by atoms with Gasteiger partial charge in [0.25, 0.3) is 0 Å². The third-order valence-corrected chi connectivity index (χ3v) is 4.47. The van der Waals surface area contributed by atoms with Gasteiger partial charge in [0, 0.05) is 23.3 Å². The number of rotatable bonds is 3. The SMILES string of the molecule is CC(c1ccccc1O)(c1ccccc1O)c1c(O)cc(O)cc1O. The Morgan fingerprint density at radius 3 is 1.40 bits per heavy atom. The molecule has 3 aromatic rings. The Bertz CT molecular complexity index is 864. The normalized spacial score (nSPS) is 11.4. The molecule has 0 spiro atoms. The monoisotopic (exact) mass is 338 g/mol. The van der Waals surface area contributed by atoms with Crippen LogP contribution in [0.4, 0.5) is 0 Å². The number of phenols is 5. The summed E-state index contributed by atoms with van der Waals surface area (Å²) < 4.78 is 0. The number of para-hydroxylation sites is 2. The lowest BCUT2D eigenvalue weighted by molar-refractivity contribution is 0.398. The van der Waals surface area contributed by atoms with Gasteiger partial charge in [0.15, 0.2) is 0 Å². The summed E-state index contributed by atoms with van der Waals surface area (Å²) >= 11 is 0. The molecular formula is C20H18O5. The quantitative estimate of drug-likeness (QED) is 0.470. The second-order valence-corrected chi connectivity index (χ2v) is 6.02. The highest BCUT2D eigenvalue weighted by Crippen LogP contribution is 2.51. The molecule has 0 radical (unpaired) electrons. The molecule has 3 rings (SSSR count). The predicted octanol–water partition coefficient (Wildman–Crippen LogP) is 3.57. The van der Waals surface area contributed by atoms with E-state index in [0.717, 1.165) is 12.1 Å². The summed E-state index contributed by atoms with van der Waals surface area (Å²) in [6, 6.07) is 15.2. The van der Waals surface area contributed by atoms with E-state index in [1.807, 2.05) is 0 Å². The van der Waals surface area contributed by atoms with Gasteiger partial charge in [-0.25, -0.2) is 0 Å². The van der Waals surface area contributed by atoms with E-state index in [9.17, 15) is 25.5 Å². The molecule has 0 heterocycles. The van der Waals surface area contributed by atoms with Crippen molar-refractivity contribution in [2.24, 2.45) is 0 Å². The second-order valence-electron chi connectivity index (χ2n) is 6.02. The molecule has 128 valence electrons. The Labute approximate surface area is 144 Å². The van der Waals surface area contributed by atoms with Crippen LogP contribution in [0, 0.1) is 0 Å². The Morgan fingerprint density at radius 2 is 1.00 bits per heavy atom. The molecule has 5 heteroatoms. The number of hydrogen-bond acceptors (Lipinski definition) is 5. The van der Waals surface area contributed by atoms with Gasteiger partial charge in [0.1, 0.15) is 28.7 Å². The Balaban J connectivity index is 2.44. The van der Waals surface area contributed by atoms with Crippen LogP contribution in [-0.2, 0) is 5.41 Å². The van der Waals surface area contributed by atoms with Crippen LogP contribution in [0.3, 0.4) is 0 Å². The maximum absolute atomic E-state index is 10.4. The van der Waals surface area contributed by atoms with Gasteiger partial charge in [0.05, 0.1) is 11.0 Å². The van der Waals surface area contributed by atoms with Crippen LogP contribution in [0.5, 0.6) is 28.7 Å². The van der Waals surface area contributed by atoms with Crippen LogP contribution in [0.1, 0.15) is 23.6 Å². The summed E-state index contributed by atoms with van der Waals surface area (Å²) in [5.41, 5.74) is -0.452. The summed E-state index contributed by atoms with van der Waals surface area (Å²) in [5, 5.41) is 51.3. The molecule has 5 N–H and O–H groups in total. The smallest absolute Gasteiger partial charge is 0.127 e. The van der Waals surface area contributed by atoms with Crippen LogP contribution in [0.25, 0.3) is 0 Å². The van der Waals surface area contributed by atoms with E-state index >= 15 is 0 Å².